The second-order valence-corrected chi connectivity index (χ2v) is 7.14. The highest BCUT2D eigenvalue weighted by molar-refractivity contribution is 8.00. The zero-order valence-corrected chi connectivity index (χ0v) is 14.8. The lowest BCUT2D eigenvalue weighted by molar-refractivity contribution is -0.151. The summed E-state index contributed by atoms with van der Waals surface area (Å²) in [6.07, 6.45) is 0. The third-order valence-electron chi connectivity index (χ3n) is 4.35. The van der Waals surface area contributed by atoms with Crippen molar-refractivity contribution in [3.05, 3.63) is 47.2 Å². The first-order valence-electron chi connectivity index (χ1n) is 8.03. The number of fused-ring (bicyclic) bond motifs is 1. The van der Waals surface area contributed by atoms with Gasteiger partial charge in [-0.2, -0.15) is 0 Å². The predicted octanol–water partition coefficient (Wildman–Crippen LogP) is 0.0256. The van der Waals surface area contributed by atoms with Gasteiger partial charge in [0.2, 0.25) is 5.91 Å². The fourth-order valence-electron chi connectivity index (χ4n) is 3.11. The first-order chi connectivity index (χ1) is 12.5. The summed E-state index contributed by atoms with van der Waals surface area (Å²) in [6.45, 7) is 1.28. The van der Waals surface area contributed by atoms with E-state index in [1.807, 2.05) is 6.07 Å². The number of hydrogen-bond acceptors (Lipinski definition) is 6. The number of nitrogens with zero attached hydrogens (tertiary/aromatic N) is 1. The molecule has 3 atom stereocenters. The molecular weight excluding hydrogens is 358 g/mol. The summed E-state index contributed by atoms with van der Waals surface area (Å²) in [5, 5.41) is 23.4. The number of aliphatic carboxylic acids is 1. The Balaban J connectivity index is 1.75. The summed E-state index contributed by atoms with van der Waals surface area (Å²) in [4.78, 5) is 37.7. The number of carboxylic acids is 1. The van der Waals surface area contributed by atoms with Crippen LogP contribution in [0.2, 0.25) is 0 Å². The molecule has 138 valence electrons. The van der Waals surface area contributed by atoms with Crippen LogP contribution in [0.3, 0.4) is 0 Å². The van der Waals surface area contributed by atoms with Gasteiger partial charge in [0.15, 0.2) is 0 Å². The van der Waals surface area contributed by atoms with Gasteiger partial charge in [-0.3, -0.25) is 19.8 Å². The van der Waals surface area contributed by atoms with Crippen LogP contribution >= 0.6 is 11.8 Å². The lowest BCUT2D eigenvalue weighted by atomic mass is 10.0. The van der Waals surface area contributed by atoms with Crippen LogP contribution in [0.15, 0.2) is 41.6 Å². The second-order valence-electron chi connectivity index (χ2n) is 6.04. The van der Waals surface area contributed by atoms with Crippen molar-refractivity contribution in [2.75, 3.05) is 12.5 Å². The van der Waals surface area contributed by atoms with E-state index in [-0.39, 0.29) is 5.70 Å². The van der Waals surface area contributed by atoms with E-state index in [9.17, 15) is 24.6 Å². The Morgan fingerprint density at radius 1 is 1.35 bits per heavy atom. The number of amides is 2. The largest absolute Gasteiger partial charge is 0.477 e. The molecule has 2 amide bonds. The zero-order chi connectivity index (χ0) is 18.8. The molecule has 2 aliphatic heterocycles. The molecule has 0 unspecified atom stereocenters. The maximum absolute atomic E-state index is 12.6. The van der Waals surface area contributed by atoms with Gasteiger partial charge in [-0.05, 0) is 18.1 Å². The number of nitrogens with one attached hydrogen (secondary N) is 2. The van der Waals surface area contributed by atoms with Crippen molar-refractivity contribution in [3.8, 4) is 0 Å². The number of β-lactam (4-membered cyclic amide) rings is 1. The highest BCUT2D eigenvalue weighted by Gasteiger charge is 2.54. The Bertz CT molecular complexity index is 767. The molecule has 2 heterocycles. The van der Waals surface area contributed by atoms with E-state index in [0.717, 1.165) is 0 Å². The molecule has 3 rings (SSSR count). The molecular formula is C17H19N3O5S. The molecule has 26 heavy (non-hydrogen) atoms. The summed E-state index contributed by atoms with van der Waals surface area (Å²) in [6, 6.07) is 7.24. The van der Waals surface area contributed by atoms with Gasteiger partial charge in [0, 0.05) is 5.75 Å². The van der Waals surface area contributed by atoms with E-state index < -0.39 is 42.0 Å². The number of carboxylic acid groups (broad SMARTS) is 1. The average Bonchev–Trinajstić information content (AvgIpc) is 2.64. The monoisotopic (exact) mass is 377 g/mol. The number of hydrogen-bond donors (Lipinski definition) is 4. The van der Waals surface area contributed by atoms with Crippen molar-refractivity contribution < 1.29 is 24.6 Å². The molecule has 1 fully saturated rings. The van der Waals surface area contributed by atoms with Crippen LogP contribution in [0.4, 0.5) is 0 Å². The Morgan fingerprint density at radius 2 is 2.04 bits per heavy atom. The number of thioether (sulfide) groups is 1. The van der Waals surface area contributed by atoms with E-state index in [2.05, 4.69) is 10.6 Å². The topological polar surface area (TPSA) is 119 Å². The third kappa shape index (κ3) is 3.20. The van der Waals surface area contributed by atoms with Gasteiger partial charge < -0.3 is 15.5 Å². The fourth-order valence-corrected chi connectivity index (χ4v) is 4.40. The Hall–Kier alpha value is -2.36. The minimum atomic E-state index is -1.14. The molecule has 2 aliphatic rings. The predicted molar refractivity (Wildman–Crippen MR) is 94.8 cm³/mol. The Morgan fingerprint density at radius 3 is 2.65 bits per heavy atom. The molecule has 1 saturated heterocycles. The van der Waals surface area contributed by atoms with Gasteiger partial charge in [0.1, 0.15) is 23.2 Å². The summed E-state index contributed by atoms with van der Waals surface area (Å²) >= 11 is 1.42. The van der Waals surface area contributed by atoms with Gasteiger partial charge in [-0.1, -0.05) is 30.3 Å². The van der Waals surface area contributed by atoms with Crippen LogP contribution in [0.25, 0.3) is 0 Å². The third-order valence-corrected chi connectivity index (χ3v) is 5.77. The number of carbonyl (C=O) groups is 3. The second kappa shape index (κ2) is 7.48. The quantitative estimate of drug-likeness (QED) is 0.408. The first kappa shape index (κ1) is 18.4. The van der Waals surface area contributed by atoms with Crippen LogP contribution in [0.1, 0.15) is 18.5 Å². The SMILES string of the molecule is CC1=C(C(=O)O)N2C(=O)[C@@H](NC(=O)[C@H](NCO)c3ccccc3)[C@H]2SC1. The normalized spacial score (nSPS) is 23.2. The molecule has 0 saturated carbocycles. The van der Waals surface area contributed by atoms with Gasteiger partial charge >= 0.3 is 5.97 Å². The van der Waals surface area contributed by atoms with Gasteiger partial charge in [-0.25, -0.2) is 4.79 Å². The number of aliphatic hydroxyl groups is 1. The van der Waals surface area contributed by atoms with Crippen molar-refractivity contribution in [2.24, 2.45) is 0 Å². The summed E-state index contributed by atoms with van der Waals surface area (Å²) in [7, 11) is 0. The molecule has 0 aliphatic carbocycles. The Labute approximate surface area is 154 Å². The van der Waals surface area contributed by atoms with Crippen LogP contribution in [0.5, 0.6) is 0 Å². The molecule has 8 nitrogen and oxygen atoms in total. The van der Waals surface area contributed by atoms with Gasteiger partial charge in [-0.15, -0.1) is 11.8 Å². The summed E-state index contributed by atoms with van der Waals surface area (Å²) in [5.41, 5.74) is 1.28. The molecule has 9 heteroatoms. The summed E-state index contributed by atoms with van der Waals surface area (Å²) in [5.74, 6) is -1.55. The van der Waals surface area contributed by atoms with Crippen molar-refractivity contribution in [1.82, 2.24) is 15.5 Å². The first-order valence-corrected chi connectivity index (χ1v) is 9.08. The lowest BCUT2D eigenvalue weighted by Crippen LogP contribution is -2.71. The van der Waals surface area contributed by atoms with Crippen LogP contribution < -0.4 is 10.6 Å². The Kier molecular flexibility index (Phi) is 5.30. The van der Waals surface area contributed by atoms with E-state index in [1.54, 1.807) is 31.2 Å². The molecule has 4 N–H and O–H groups in total. The molecule has 0 radical (unpaired) electrons. The summed E-state index contributed by atoms with van der Waals surface area (Å²) < 4.78 is 0. The van der Waals surface area contributed by atoms with Crippen LogP contribution in [0, 0.1) is 0 Å². The van der Waals surface area contributed by atoms with Gasteiger partial charge in [0.25, 0.3) is 5.91 Å². The number of aliphatic hydroxyl groups excluding tert-OH is 1. The molecule has 1 aromatic rings. The smallest absolute Gasteiger partial charge is 0.352 e. The fraction of sp³-hybridized carbons (Fsp3) is 0.353. The minimum Gasteiger partial charge on any atom is -0.477 e. The highest BCUT2D eigenvalue weighted by Crippen LogP contribution is 2.40. The van der Waals surface area contributed by atoms with Gasteiger partial charge in [0.05, 0.1) is 6.73 Å². The van der Waals surface area contributed by atoms with Crippen molar-refractivity contribution in [1.29, 1.82) is 0 Å². The standard InChI is InChI=1S/C17H19N3O5S/c1-9-7-26-16-12(15(23)20(16)13(9)17(24)25)19-14(22)11(18-8-21)10-5-3-2-4-6-10/h2-6,11-12,16,18,21H,7-8H2,1H3,(H,19,22)(H,24,25)/t11-,12-,16-/m1/s1. The maximum atomic E-state index is 12.6. The minimum absolute atomic E-state index is 0.00246. The number of carbonyl (C=O) groups excluding carboxylic acids is 2. The molecule has 0 bridgehead atoms. The van der Waals surface area contributed by atoms with Crippen LogP contribution in [-0.4, -0.2) is 56.8 Å². The van der Waals surface area contributed by atoms with Crippen molar-refractivity contribution in [2.45, 2.75) is 24.4 Å². The van der Waals surface area contributed by atoms with Crippen LogP contribution in [-0.2, 0) is 14.4 Å². The van der Waals surface area contributed by atoms with E-state index in [0.29, 0.717) is 16.9 Å². The number of rotatable bonds is 6. The number of benzene rings is 1. The zero-order valence-electron chi connectivity index (χ0n) is 14.0. The maximum Gasteiger partial charge on any atom is 0.352 e. The van der Waals surface area contributed by atoms with Crippen molar-refractivity contribution >= 4 is 29.5 Å². The lowest BCUT2D eigenvalue weighted by Gasteiger charge is -2.49. The van der Waals surface area contributed by atoms with E-state index in [1.165, 1.54) is 16.7 Å². The highest BCUT2D eigenvalue weighted by atomic mass is 32.2. The van der Waals surface area contributed by atoms with Crippen molar-refractivity contribution in [3.63, 3.8) is 0 Å². The van der Waals surface area contributed by atoms with E-state index >= 15 is 0 Å². The molecule has 1 aromatic carbocycles. The van der Waals surface area contributed by atoms with E-state index in [4.69, 9.17) is 0 Å². The molecule has 0 spiro atoms. The molecule has 0 aromatic heterocycles. The average molecular weight is 377 g/mol.